The standard InChI is InChI=1S/C19H13ClN2O4/c1-10-2-8-13(9-3-10)22-18(24)14-15(21-26-17(14)19(22)25)16(23)11-4-6-12(20)7-5-11/h2-9,14,17H,1H3/t14-,17-/m0/s1. The maximum atomic E-state index is 12.9. The highest BCUT2D eigenvalue weighted by Gasteiger charge is 2.57. The predicted octanol–water partition coefficient (Wildman–Crippen LogP) is 2.78. The van der Waals surface area contributed by atoms with Gasteiger partial charge in [-0.3, -0.25) is 14.4 Å². The minimum Gasteiger partial charge on any atom is -0.381 e. The van der Waals surface area contributed by atoms with Gasteiger partial charge in [0, 0.05) is 10.6 Å². The van der Waals surface area contributed by atoms with Crippen molar-refractivity contribution >= 4 is 40.6 Å². The van der Waals surface area contributed by atoms with Crippen molar-refractivity contribution in [3.63, 3.8) is 0 Å². The smallest absolute Gasteiger partial charge is 0.278 e. The Kier molecular flexibility index (Phi) is 3.85. The van der Waals surface area contributed by atoms with Crippen molar-refractivity contribution in [1.82, 2.24) is 0 Å². The predicted molar refractivity (Wildman–Crippen MR) is 95.3 cm³/mol. The zero-order valence-electron chi connectivity index (χ0n) is 13.7. The fraction of sp³-hybridized carbons (Fsp3) is 0.158. The summed E-state index contributed by atoms with van der Waals surface area (Å²) in [7, 11) is 0. The van der Waals surface area contributed by atoms with Crippen LogP contribution in [0.2, 0.25) is 5.02 Å². The van der Waals surface area contributed by atoms with E-state index in [1.165, 1.54) is 0 Å². The maximum absolute atomic E-state index is 12.9. The van der Waals surface area contributed by atoms with Crippen molar-refractivity contribution in [1.29, 1.82) is 0 Å². The highest BCUT2D eigenvalue weighted by Crippen LogP contribution is 2.34. The van der Waals surface area contributed by atoms with Crippen molar-refractivity contribution in [2.45, 2.75) is 13.0 Å². The Morgan fingerprint density at radius 3 is 2.35 bits per heavy atom. The topological polar surface area (TPSA) is 76.0 Å². The highest BCUT2D eigenvalue weighted by atomic mass is 35.5. The fourth-order valence-electron chi connectivity index (χ4n) is 3.06. The van der Waals surface area contributed by atoms with Gasteiger partial charge >= 0.3 is 0 Å². The number of halogens is 1. The quantitative estimate of drug-likeness (QED) is 0.616. The summed E-state index contributed by atoms with van der Waals surface area (Å²) in [5, 5.41) is 4.22. The van der Waals surface area contributed by atoms with Crippen molar-refractivity contribution < 1.29 is 19.2 Å². The third kappa shape index (κ3) is 2.50. The summed E-state index contributed by atoms with van der Waals surface area (Å²) in [4.78, 5) is 44.4. The number of carbonyl (C=O) groups excluding carboxylic acids is 3. The van der Waals surface area contributed by atoms with E-state index in [-0.39, 0.29) is 5.71 Å². The molecule has 0 aromatic heterocycles. The number of Topliss-reactive ketones (excluding diaryl/α,β-unsaturated/α-hetero) is 1. The van der Waals surface area contributed by atoms with Crippen LogP contribution in [-0.4, -0.2) is 29.4 Å². The van der Waals surface area contributed by atoms with Crippen LogP contribution in [-0.2, 0) is 14.4 Å². The first kappa shape index (κ1) is 16.5. The van der Waals surface area contributed by atoms with Crippen LogP contribution in [0.5, 0.6) is 0 Å². The number of amides is 2. The third-order valence-corrected chi connectivity index (χ3v) is 4.70. The average molecular weight is 369 g/mol. The molecule has 2 atom stereocenters. The van der Waals surface area contributed by atoms with Gasteiger partial charge in [0.15, 0.2) is 0 Å². The number of rotatable bonds is 3. The highest BCUT2D eigenvalue weighted by molar-refractivity contribution is 6.52. The number of imide groups is 1. The van der Waals surface area contributed by atoms with Crippen LogP contribution in [0.25, 0.3) is 0 Å². The second-order valence-electron chi connectivity index (χ2n) is 6.16. The molecule has 26 heavy (non-hydrogen) atoms. The van der Waals surface area contributed by atoms with Crippen molar-refractivity contribution in [3.05, 3.63) is 64.7 Å². The molecule has 6 nitrogen and oxygen atoms in total. The normalized spacial score (nSPS) is 21.5. The van der Waals surface area contributed by atoms with E-state index in [0.717, 1.165) is 10.5 Å². The summed E-state index contributed by atoms with van der Waals surface area (Å²) in [6, 6.07) is 13.2. The second-order valence-corrected chi connectivity index (χ2v) is 6.60. The van der Waals surface area contributed by atoms with Crippen LogP contribution in [0.3, 0.4) is 0 Å². The molecule has 0 unspecified atom stereocenters. The first-order valence-electron chi connectivity index (χ1n) is 7.96. The zero-order valence-corrected chi connectivity index (χ0v) is 14.4. The monoisotopic (exact) mass is 368 g/mol. The summed E-state index contributed by atoms with van der Waals surface area (Å²) in [6.07, 6.45) is -1.10. The molecule has 0 bridgehead atoms. The summed E-state index contributed by atoms with van der Waals surface area (Å²) >= 11 is 5.83. The number of hydrogen-bond acceptors (Lipinski definition) is 5. The Hall–Kier alpha value is -2.99. The molecule has 1 fully saturated rings. The van der Waals surface area contributed by atoms with Crippen molar-refractivity contribution in [2.75, 3.05) is 4.90 Å². The molecule has 1 saturated heterocycles. The van der Waals surface area contributed by atoms with Gasteiger partial charge in [-0.2, -0.15) is 0 Å². The van der Waals surface area contributed by atoms with Crippen LogP contribution >= 0.6 is 11.6 Å². The number of ketones is 1. The molecular weight excluding hydrogens is 356 g/mol. The molecule has 0 aliphatic carbocycles. The first-order chi connectivity index (χ1) is 12.5. The number of anilines is 1. The number of fused-ring (bicyclic) bond motifs is 1. The van der Waals surface area contributed by atoms with E-state index < -0.39 is 29.6 Å². The van der Waals surface area contributed by atoms with Crippen LogP contribution < -0.4 is 4.90 Å². The van der Waals surface area contributed by atoms with E-state index in [9.17, 15) is 14.4 Å². The lowest BCUT2D eigenvalue weighted by Crippen LogP contribution is -2.34. The van der Waals surface area contributed by atoms with Crippen LogP contribution in [0.15, 0.2) is 53.7 Å². The van der Waals surface area contributed by atoms with E-state index in [4.69, 9.17) is 16.4 Å². The number of oxime groups is 1. The number of benzene rings is 2. The lowest BCUT2D eigenvalue weighted by molar-refractivity contribution is -0.126. The Bertz CT molecular complexity index is 951. The minimum absolute atomic E-state index is 0.0646. The van der Waals surface area contributed by atoms with E-state index in [1.54, 1.807) is 48.5 Å². The minimum atomic E-state index is -1.10. The molecule has 2 aliphatic heterocycles. The molecule has 2 heterocycles. The van der Waals surface area contributed by atoms with E-state index in [0.29, 0.717) is 16.3 Å². The first-order valence-corrected chi connectivity index (χ1v) is 8.33. The van der Waals surface area contributed by atoms with Crippen LogP contribution in [0.4, 0.5) is 5.69 Å². The second kappa shape index (κ2) is 6.07. The van der Waals surface area contributed by atoms with Crippen molar-refractivity contribution in [2.24, 2.45) is 11.1 Å². The molecule has 2 amide bonds. The Balaban J connectivity index is 1.65. The lowest BCUT2D eigenvalue weighted by atomic mass is 9.93. The van der Waals surface area contributed by atoms with Gasteiger partial charge in [-0.1, -0.05) is 34.5 Å². The van der Waals surface area contributed by atoms with E-state index in [1.807, 2.05) is 6.92 Å². The van der Waals surface area contributed by atoms with Gasteiger partial charge in [0.1, 0.15) is 11.6 Å². The van der Waals surface area contributed by atoms with Gasteiger partial charge in [-0.25, -0.2) is 4.90 Å². The molecule has 0 spiro atoms. The Morgan fingerprint density at radius 1 is 1.04 bits per heavy atom. The van der Waals surface area contributed by atoms with Gasteiger partial charge in [0.05, 0.1) is 5.69 Å². The molecule has 2 aromatic rings. The largest absolute Gasteiger partial charge is 0.381 e. The molecule has 4 rings (SSSR count). The Labute approximate surface area is 154 Å². The SMILES string of the molecule is Cc1ccc(N2C(=O)[C@H]3C(C(=O)c4ccc(Cl)cc4)=NO[C@@H]3C2=O)cc1. The molecule has 2 aromatic carbocycles. The number of nitrogens with zero attached hydrogens (tertiary/aromatic N) is 2. The van der Waals surface area contributed by atoms with Gasteiger partial charge < -0.3 is 4.84 Å². The van der Waals surface area contributed by atoms with Crippen LogP contribution in [0.1, 0.15) is 15.9 Å². The summed E-state index contributed by atoms with van der Waals surface area (Å²) in [5.41, 5.74) is 1.71. The molecule has 2 aliphatic rings. The third-order valence-electron chi connectivity index (χ3n) is 4.44. The van der Waals surface area contributed by atoms with Crippen LogP contribution in [0, 0.1) is 12.8 Å². The lowest BCUT2D eigenvalue weighted by Gasteiger charge is -2.15. The maximum Gasteiger partial charge on any atom is 0.278 e. The molecular formula is C19H13ClN2O4. The summed E-state index contributed by atoms with van der Waals surface area (Å²) < 4.78 is 0. The van der Waals surface area contributed by atoms with Gasteiger partial charge in [-0.05, 0) is 43.3 Å². The van der Waals surface area contributed by atoms with Gasteiger partial charge in [-0.15, -0.1) is 0 Å². The number of hydrogen-bond donors (Lipinski definition) is 0. The molecule has 7 heteroatoms. The summed E-state index contributed by atoms with van der Waals surface area (Å²) in [5.74, 6) is -2.53. The van der Waals surface area contributed by atoms with Crippen molar-refractivity contribution in [3.8, 4) is 0 Å². The number of carbonyl (C=O) groups is 3. The number of aryl methyl sites for hydroxylation is 1. The summed E-state index contributed by atoms with van der Waals surface area (Å²) in [6.45, 7) is 1.91. The van der Waals surface area contributed by atoms with E-state index in [2.05, 4.69) is 5.16 Å². The van der Waals surface area contributed by atoms with Gasteiger partial charge in [0.25, 0.3) is 5.91 Å². The fourth-order valence-corrected chi connectivity index (χ4v) is 3.19. The molecule has 0 N–H and O–H groups in total. The molecule has 0 saturated carbocycles. The molecule has 130 valence electrons. The zero-order chi connectivity index (χ0) is 18.4. The van der Waals surface area contributed by atoms with Gasteiger partial charge in [0.2, 0.25) is 17.8 Å². The molecule has 0 radical (unpaired) electrons. The average Bonchev–Trinajstić information content (AvgIpc) is 3.17. The Morgan fingerprint density at radius 2 is 1.69 bits per heavy atom. The van der Waals surface area contributed by atoms with E-state index >= 15 is 0 Å².